The Kier molecular flexibility index (Phi) is 2.82. The summed E-state index contributed by atoms with van der Waals surface area (Å²) in [5, 5.41) is 3.03. The molecular weight excluding hydrogens is 194 g/mol. The van der Waals surface area contributed by atoms with E-state index in [2.05, 4.69) is 15.3 Å². The van der Waals surface area contributed by atoms with Crippen molar-refractivity contribution >= 4 is 5.95 Å². The number of nitrogens with zero attached hydrogens (tertiary/aromatic N) is 2. The zero-order valence-corrected chi connectivity index (χ0v) is 8.30. The molecule has 0 aliphatic carbocycles. The van der Waals surface area contributed by atoms with E-state index in [1.54, 1.807) is 25.8 Å². The monoisotopic (exact) mass is 205 g/mol. The lowest BCUT2D eigenvalue weighted by atomic mass is 10.4. The van der Waals surface area contributed by atoms with Gasteiger partial charge in [0.1, 0.15) is 5.76 Å². The first-order valence-electron chi connectivity index (χ1n) is 4.51. The van der Waals surface area contributed by atoms with Crippen LogP contribution >= 0.6 is 0 Å². The van der Waals surface area contributed by atoms with Crippen LogP contribution < -0.4 is 10.1 Å². The van der Waals surface area contributed by atoms with Crippen molar-refractivity contribution in [1.82, 2.24) is 9.97 Å². The van der Waals surface area contributed by atoms with Crippen molar-refractivity contribution in [3.8, 4) is 5.75 Å². The van der Waals surface area contributed by atoms with Gasteiger partial charge in [-0.25, -0.2) is 9.97 Å². The molecule has 0 unspecified atom stereocenters. The fourth-order valence-corrected chi connectivity index (χ4v) is 1.09. The van der Waals surface area contributed by atoms with Crippen molar-refractivity contribution in [2.45, 2.75) is 6.54 Å². The Labute approximate surface area is 87.1 Å². The average molecular weight is 205 g/mol. The molecular formula is C10H11N3O2. The Morgan fingerprint density at radius 2 is 2.20 bits per heavy atom. The molecule has 0 aliphatic heterocycles. The summed E-state index contributed by atoms with van der Waals surface area (Å²) in [5.41, 5.74) is 0. The number of methoxy groups -OCH3 is 1. The number of ether oxygens (including phenoxy) is 1. The lowest BCUT2D eigenvalue weighted by molar-refractivity contribution is 0.411. The van der Waals surface area contributed by atoms with Crippen LogP contribution in [0.3, 0.4) is 0 Å². The minimum atomic E-state index is 0.548. The summed E-state index contributed by atoms with van der Waals surface area (Å²) in [6.07, 6.45) is 4.85. The molecule has 0 saturated carbocycles. The minimum absolute atomic E-state index is 0.548. The molecule has 0 atom stereocenters. The molecule has 0 amide bonds. The second-order valence-electron chi connectivity index (χ2n) is 2.88. The van der Waals surface area contributed by atoms with E-state index in [4.69, 9.17) is 9.15 Å². The Morgan fingerprint density at radius 1 is 1.40 bits per heavy atom. The number of anilines is 1. The van der Waals surface area contributed by atoms with Gasteiger partial charge >= 0.3 is 0 Å². The maximum Gasteiger partial charge on any atom is 0.223 e. The van der Waals surface area contributed by atoms with Gasteiger partial charge in [-0.3, -0.25) is 0 Å². The topological polar surface area (TPSA) is 60.2 Å². The summed E-state index contributed by atoms with van der Waals surface area (Å²) < 4.78 is 10.1. The molecule has 2 aromatic heterocycles. The van der Waals surface area contributed by atoms with Gasteiger partial charge in [-0.1, -0.05) is 0 Å². The molecule has 0 fully saturated rings. The molecule has 2 aromatic rings. The molecule has 0 spiro atoms. The number of nitrogens with one attached hydrogen (secondary N) is 1. The molecule has 78 valence electrons. The average Bonchev–Trinajstić information content (AvgIpc) is 2.80. The molecule has 0 saturated heterocycles. The predicted octanol–water partition coefficient (Wildman–Crippen LogP) is 1.69. The Bertz CT molecular complexity index is 397. The maximum atomic E-state index is 5.16. The number of rotatable bonds is 4. The van der Waals surface area contributed by atoms with Gasteiger partial charge in [0.2, 0.25) is 5.95 Å². The smallest absolute Gasteiger partial charge is 0.223 e. The van der Waals surface area contributed by atoms with E-state index >= 15 is 0 Å². The van der Waals surface area contributed by atoms with Crippen LogP contribution in [-0.2, 0) is 6.54 Å². The molecule has 0 aliphatic rings. The Morgan fingerprint density at radius 3 is 2.80 bits per heavy atom. The van der Waals surface area contributed by atoms with Crippen LogP contribution in [0.15, 0.2) is 35.2 Å². The number of furan rings is 1. The standard InChI is InChI=1S/C10H11N3O2/c1-14-9-6-12-10(13-7-9)11-5-8-3-2-4-15-8/h2-4,6-7H,5H2,1H3,(H,11,12,13). The first-order valence-corrected chi connectivity index (χ1v) is 4.51. The minimum Gasteiger partial charge on any atom is -0.494 e. The molecule has 0 bridgehead atoms. The van der Waals surface area contributed by atoms with Crippen molar-refractivity contribution in [2.75, 3.05) is 12.4 Å². The predicted molar refractivity (Wildman–Crippen MR) is 54.6 cm³/mol. The van der Waals surface area contributed by atoms with Gasteiger partial charge in [-0.2, -0.15) is 0 Å². The zero-order chi connectivity index (χ0) is 10.5. The zero-order valence-electron chi connectivity index (χ0n) is 8.30. The van der Waals surface area contributed by atoms with E-state index < -0.39 is 0 Å². The van der Waals surface area contributed by atoms with E-state index in [0.717, 1.165) is 5.76 Å². The molecule has 0 aromatic carbocycles. The SMILES string of the molecule is COc1cnc(NCc2ccco2)nc1. The fourth-order valence-electron chi connectivity index (χ4n) is 1.09. The van der Waals surface area contributed by atoms with Crippen molar-refractivity contribution in [3.05, 3.63) is 36.5 Å². The normalized spacial score (nSPS) is 9.93. The highest BCUT2D eigenvalue weighted by molar-refractivity contribution is 5.27. The Balaban J connectivity index is 1.93. The van der Waals surface area contributed by atoms with Crippen LogP contribution in [0.4, 0.5) is 5.95 Å². The van der Waals surface area contributed by atoms with E-state index in [-0.39, 0.29) is 0 Å². The number of aromatic nitrogens is 2. The van der Waals surface area contributed by atoms with Crippen LogP contribution in [0, 0.1) is 0 Å². The van der Waals surface area contributed by atoms with Crippen LogP contribution in [0.1, 0.15) is 5.76 Å². The van der Waals surface area contributed by atoms with Gasteiger partial charge < -0.3 is 14.5 Å². The third kappa shape index (κ3) is 2.46. The van der Waals surface area contributed by atoms with Gasteiger partial charge in [0.15, 0.2) is 5.75 Å². The molecule has 5 heteroatoms. The lowest BCUT2D eigenvalue weighted by Gasteiger charge is -2.02. The highest BCUT2D eigenvalue weighted by Gasteiger charge is 1.98. The summed E-state index contributed by atoms with van der Waals surface area (Å²) >= 11 is 0. The lowest BCUT2D eigenvalue weighted by Crippen LogP contribution is -2.02. The van der Waals surface area contributed by atoms with Crippen LogP contribution in [0.2, 0.25) is 0 Å². The first kappa shape index (κ1) is 9.51. The second kappa shape index (κ2) is 4.45. The molecule has 5 nitrogen and oxygen atoms in total. The molecule has 2 heterocycles. The van der Waals surface area contributed by atoms with Gasteiger partial charge in [-0.05, 0) is 12.1 Å². The Hall–Kier alpha value is -2.04. The molecule has 1 N–H and O–H groups in total. The highest BCUT2D eigenvalue weighted by Crippen LogP contribution is 2.08. The largest absolute Gasteiger partial charge is 0.494 e. The maximum absolute atomic E-state index is 5.16. The highest BCUT2D eigenvalue weighted by atomic mass is 16.5. The van der Waals surface area contributed by atoms with Crippen molar-refractivity contribution in [1.29, 1.82) is 0 Å². The van der Waals surface area contributed by atoms with Gasteiger partial charge in [-0.15, -0.1) is 0 Å². The summed E-state index contributed by atoms with van der Waals surface area (Å²) in [6, 6.07) is 3.72. The van der Waals surface area contributed by atoms with E-state index in [0.29, 0.717) is 18.2 Å². The van der Waals surface area contributed by atoms with Crippen LogP contribution in [0.25, 0.3) is 0 Å². The van der Waals surface area contributed by atoms with Crippen molar-refractivity contribution in [3.63, 3.8) is 0 Å². The summed E-state index contributed by atoms with van der Waals surface area (Å²) in [5.74, 6) is 2.03. The van der Waals surface area contributed by atoms with Crippen LogP contribution in [-0.4, -0.2) is 17.1 Å². The number of hydrogen-bond acceptors (Lipinski definition) is 5. The quantitative estimate of drug-likeness (QED) is 0.823. The summed E-state index contributed by atoms with van der Waals surface area (Å²) in [6.45, 7) is 0.569. The fraction of sp³-hybridized carbons (Fsp3) is 0.200. The third-order valence-corrected chi connectivity index (χ3v) is 1.86. The van der Waals surface area contributed by atoms with E-state index in [1.165, 1.54) is 0 Å². The molecule has 15 heavy (non-hydrogen) atoms. The third-order valence-electron chi connectivity index (χ3n) is 1.86. The van der Waals surface area contributed by atoms with E-state index in [1.807, 2.05) is 12.1 Å². The summed E-state index contributed by atoms with van der Waals surface area (Å²) in [7, 11) is 1.58. The second-order valence-corrected chi connectivity index (χ2v) is 2.88. The van der Waals surface area contributed by atoms with Crippen LogP contribution in [0.5, 0.6) is 5.75 Å². The van der Waals surface area contributed by atoms with Gasteiger partial charge in [0.05, 0.1) is 32.3 Å². The molecule has 0 radical (unpaired) electrons. The van der Waals surface area contributed by atoms with Crippen molar-refractivity contribution < 1.29 is 9.15 Å². The van der Waals surface area contributed by atoms with E-state index in [9.17, 15) is 0 Å². The summed E-state index contributed by atoms with van der Waals surface area (Å²) in [4.78, 5) is 8.12. The molecule has 2 rings (SSSR count). The number of hydrogen-bond donors (Lipinski definition) is 1. The first-order chi connectivity index (χ1) is 7.38. The van der Waals surface area contributed by atoms with Crippen molar-refractivity contribution in [2.24, 2.45) is 0 Å². The van der Waals surface area contributed by atoms with Gasteiger partial charge in [0.25, 0.3) is 0 Å². The van der Waals surface area contributed by atoms with Gasteiger partial charge in [0, 0.05) is 0 Å².